The molecule has 0 amide bonds. The molecular weight excluding hydrogens is 326 g/mol. The predicted molar refractivity (Wildman–Crippen MR) is 104 cm³/mol. The zero-order valence-corrected chi connectivity index (χ0v) is 16.3. The van der Waals surface area contributed by atoms with Crippen LogP contribution >= 0.6 is 0 Å². The molecule has 2 atom stereocenters. The third-order valence-corrected chi connectivity index (χ3v) is 6.20. The molecule has 6 nitrogen and oxygen atoms in total. The summed E-state index contributed by atoms with van der Waals surface area (Å²) in [7, 11) is 0. The van der Waals surface area contributed by atoms with Gasteiger partial charge >= 0.3 is 0 Å². The van der Waals surface area contributed by atoms with E-state index in [2.05, 4.69) is 44.6 Å². The summed E-state index contributed by atoms with van der Waals surface area (Å²) in [5, 5.41) is 0. The molecule has 1 aromatic heterocycles. The Morgan fingerprint density at radius 1 is 1.00 bits per heavy atom. The SMILES string of the molecule is CC(C)c1cc(N2CC3CN(CCN4CCCOCC4)CC3C2)ncn1. The van der Waals surface area contributed by atoms with Crippen LogP contribution in [0.3, 0.4) is 0 Å². The van der Waals surface area contributed by atoms with Crippen LogP contribution in [0.2, 0.25) is 0 Å². The number of ether oxygens (including phenoxy) is 1. The van der Waals surface area contributed by atoms with E-state index in [4.69, 9.17) is 4.74 Å². The van der Waals surface area contributed by atoms with Gasteiger partial charge in [-0.3, -0.25) is 4.90 Å². The van der Waals surface area contributed by atoms with Gasteiger partial charge in [0.25, 0.3) is 0 Å². The van der Waals surface area contributed by atoms with Crippen molar-refractivity contribution in [3.63, 3.8) is 0 Å². The van der Waals surface area contributed by atoms with E-state index in [1.807, 2.05) is 0 Å². The Morgan fingerprint density at radius 2 is 1.77 bits per heavy atom. The minimum Gasteiger partial charge on any atom is -0.380 e. The average Bonchev–Trinajstić information content (AvgIpc) is 3.09. The number of likely N-dealkylation sites (tertiary alicyclic amines) is 1. The van der Waals surface area contributed by atoms with Crippen LogP contribution in [0.5, 0.6) is 0 Å². The van der Waals surface area contributed by atoms with Crippen LogP contribution in [0.4, 0.5) is 5.82 Å². The van der Waals surface area contributed by atoms with Crippen molar-refractivity contribution in [3.05, 3.63) is 18.1 Å². The minimum absolute atomic E-state index is 0.457. The standard InChI is InChI=1S/C20H33N5O/c1-16(2)19-10-20(22-15-21-19)25-13-17-11-24(12-18(17)14-25)6-5-23-4-3-8-26-9-7-23/h10,15-18H,3-9,11-14H2,1-2H3. The molecule has 3 saturated heterocycles. The third-order valence-electron chi connectivity index (χ3n) is 6.20. The van der Waals surface area contributed by atoms with Crippen LogP contribution in [0.1, 0.15) is 31.9 Å². The van der Waals surface area contributed by atoms with Crippen LogP contribution in [-0.2, 0) is 4.74 Å². The molecule has 26 heavy (non-hydrogen) atoms. The molecule has 0 bridgehead atoms. The molecule has 4 heterocycles. The van der Waals surface area contributed by atoms with Gasteiger partial charge in [-0.2, -0.15) is 0 Å². The zero-order valence-electron chi connectivity index (χ0n) is 16.3. The van der Waals surface area contributed by atoms with E-state index in [0.29, 0.717) is 5.92 Å². The minimum atomic E-state index is 0.457. The van der Waals surface area contributed by atoms with Gasteiger partial charge < -0.3 is 14.5 Å². The Hall–Kier alpha value is -1.24. The predicted octanol–water partition coefficient (Wildman–Crippen LogP) is 1.69. The first kappa shape index (κ1) is 18.1. The number of rotatable bonds is 5. The highest BCUT2D eigenvalue weighted by atomic mass is 16.5. The fourth-order valence-corrected chi connectivity index (χ4v) is 4.61. The summed E-state index contributed by atoms with van der Waals surface area (Å²) in [5.41, 5.74) is 1.15. The first-order valence-electron chi connectivity index (χ1n) is 10.3. The van der Waals surface area contributed by atoms with Gasteiger partial charge in [-0.1, -0.05) is 13.8 Å². The zero-order chi connectivity index (χ0) is 17.9. The molecule has 0 radical (unpaired) electrons. The lowest BCUT2D eigenvalue weighted by atomic mass is 10.0. The molecule has 0 aromatic carbocycles. The van der Waals surface area contributed by atoms with E-state index in [1.54, 1.807) is 6.33 Å². The lowest BCUT2D eigenvalue weighted by Gasteiger charge is -2.25. The topological polar surface area (TPSA) is 44.7 Å². The van der Waals surface area contributed by atoms with Crippen LogP contribution in [0.25, 0.3) is 0 Å². The number of aromatic nitrogens is 2. The van der Waals surface area contributed by atoms with Crippen LogP contribution < -0.4 is 4.90 Å². The summed E-state index contributed by atoms with van der Waals surface area (Å²) in [5.74, 6) is 3.16. The lowest BCUT2D eigenvalue weighted by molar-refractivity contribution is 0.139. The average molecular weight is 360 g/mol. The van der Waals surface area contributed by atoms with Crippen molar-refractivity contribution in [1.29, 1.82) is 0 Å². The summed E-state index contributed by atoms with van der Waals surface area (Å²) in [6.45, 7) is 15.7. The van der Waals surface area contributed by atoms with Crippen molar-refractivity contribution in [2.45, 2.75) is 26.2 Å². The molecular formula is C20H33N5O. The summed E-state index contributed by atoms with van der Waals surface area (Å²) in [6, 6.07) is 2.19. The highest BCUT2D eigenvalue weighted by molar-refractivity contribution is 5.41. The Morgan fingerprint density at radius 3 is 2.54 bits per heavy atom. The normalized spacial score (nSPS) is 27.9. The van der Waals surface area contributed by atoms with Gasteiger partial charge in [-0.15, -0.1) is 0 Å². The summed E-state index contributed by atoms with van der Waals surface area (Å²) >= 11 is 0. The van der Waals surface area contributed by atoms with Crippen molar-refractivity contribution in [2.75, 3.05) is 70.5 Å². The Labute approximate surface area is 157 Å². The second-order valence-electron chi connectivity index (χ2n) is 8.45. The van der Waals surface area contributed by atoms with E-state index in [9.17, 15) is 0 Å². The molecule has 0 saturated carbocycles. The molecule has 3 aliphatic rings. The van der Waals surface area contributed by atoms with Crippen molar-refractivity contribution in [2.24, 2.45) is 11.8 Å². The van der Waals surface area contributed by atoms with Crippen LogP contribution in [0.15, 0.2) is 12.4 Å². The Balaban J connectivity index is 1.27. The lowest BCUT2D eigenvalue weighted by Crippen LogP contribution is -2.37. The molecule has 144 valence electrons. The summed E-state index contributed by atoms with van der Waals surface area (Å²) in [4.78, 5) is 16.7. The van der Waals surface area contributed by atoms with E-state index in [-0.39, 0.29) is 0 Å². The van der Waals surface area contributed by atoms with E-state index >= 15 is 0 Å². The first-order valence-corrected chi connectivity index (χ1v) is 10.3. The van der Waals surface area contributed by atoms with Crippen molar-refractivity contribution in [1.82, 2.24) is 19.8 Å². The summed E-state index contributed by atoms with van der Waals surface area (Å²) in [6.07, 6.45) is 2.91. The van der Waals surface area contributed by atoms with Gasteiger partial charge in [0.15, 0.2) is 0 Å². The molecule has 2 unspecified atom stereocenters. The molecule has 6 heteroatoms. The van der Waals surface area contributed by atoms with Gasteiger partial charge in [0.2, 0.25) is 0 Å². The third kappa shape index (κ3) is 4.18. The van der Waals surface area contributed by atoms with Gasteiger partial charge in [0.1, 0.15) is 12.1 Å². The molecule has 0 N–H and O–H groups in total. The van der Waals surface area contributed by atoms with Crippen LogP contribution in [0, 0.1) is 11.8 Å². The van der Waals surface area contributed by atoms with Gasteiger partial charge in [0, 0.05) is 70.7 Å². The molecule has 4 rings (SSSR count). The van der Waals surface area contributed by atoms with E-state index in [1.165, 1.54) is 39.1 Å². The fourth-order valence-electron chi connectivity index (χ4n) is 4.61. The van der Waals surface area contributed by atoms with Gasteiger partial charge in [0.05, 0.1) is 6.61 Å². The highest BCUT2D eigenvalue weighted by Crippen LogP contribution is 2.33. The van der Waals surface area contributed by atoms with E-state index < -0.39 is 0 Å². The van der Waals surface area contributed by atoms with Crippen molar-refractivity contribution < 1.29 is 4.74 Å². The maximum atomic E-state index is 5.56. The fraction of sp³-hybridized carbons (Fsp3) is 0.800. The first-order chi connectivity index (χ1) is 12.7. The molecule has 3 fully saturated rings. The number of hydrogen-bond donors (Lipinski definition) is 0. The van der Waals surface area contributed by atoms with E-state index in [0.717, 1.165) is 56.2 Å². The Bertz CT molecular complexity index is 573. The van der Waals surface area contributed by atoms with Gasteiger partial charge in [-0.25, -0.2) is 9.97 Å². The second kappa shape index (κ2) is 8.19. The number of anilines is 1. The maximum Gasteiger partial charge on any atom is 0.132 e. The number of hydrogen-bond acceptors (Lipinski definition) is 6. The van der Waals surface area contributed by atoms with Crippen LogP contribution in [-0.4, -0.2) is 85.3 Å². The molecule has 0 aliphatic carbocycles. The number of nitrogens with zero attached hydrogens (tertiary/aromatic N) is 5. The Kier molecular flexibility index (Phi) is 5.72. The molecule has 1 aromatic rings. The largest absolute Gasteiger partial charge is 0.380 e. The van der Waals surface area contributed by atoms with Crippen molar-refractivity contribution in [3.8, 4) is 0 Å². The smallest absolute Gasteiger partial charge is 0.132 e. The maximum absolute atomic E-state index is 5.56. The molecule has 0 spiro atoms. The molecule has 3 aliphatic heterocycles. The van der Waals surface area contributed by atoms with Gasteiger partial charge in [-0.05, 0) is 24.2 Å². The summed E-state index contributed by atoms with van der Waals surface area (Å²) < 4.78 is 5.56. The quantitative estimate of drug-likeness (QED) is 0.797. The number of fused-ring (bicyclic) bond motifs is 1. The highest BCUT2D eigenvalue weighted by Gasteiger charge is 2.40. The van der Waals surface area contributed by atoms with Crippen molar-refractivity contribution >= 4 is 5.82 Å². The monoisotopic (exact) mass is 359 g/mol. The second-order valence-corrected chi connectivity index (χ2v) is 8.45.